The first-order valence-corrected chi connectivity index (χ1v) is 9.54. The average molecular weight is 370 g/mol. The maximum atomic E-state index is 12.3. The Bertz CT molecular complexity index is 699. The number of anilines is 1. The zero-order chi connectivity index (χ0) is 19.6. The number of aliphatic hydroxyl groups is 1. The summed E-state index contributed by atoms with van der Waals surface area (Å²) in [6.07, 6.45) is 1.55. The molecule has 146 valence electrons. The molecule has 2 aromatic rings. The summed E-state index contributed by atoms with van der Waals surface area (Å²) in [4.78, 5) is 14.7. The largest absolute Gasteiger partial charge is 0.497 e. The number of nitrogens with zero attached hydrogens (tertiary/aromatic N) is 1. The van der Waals surface area contributed by atoms with Crippen LogP contribution >= 0.6 is 0 Å². The summed E-state index contributed by atoms with van der Waals surface area (Å²) in [7, 11) is 1.60. The molecule has 2 aromatic carbocycles. The Hall–Kier alpha value is -2.53. The number of ether oxygens (including phenoxy) is 1. The van der Waals surface area contributed by atoms with Crippen molar-refractivity contribution in [3.63, 3.8) is 0 Å². The topological polar surface area (TPSA) is 61.8 Å². The summed E-state index contributed by atoms with van der Waals surface area (Å²) >= 11 is 0. The normalized spacial score (nSPS) is 11.7. The van der Waals surface area contributed by atoms with E-state index in [1.165, 1.54) is 0 Å². The molecule has 0 saturated carbocycles. The van der Waals surface area contributed by atoms with Crippen molar-refractivity contribution in [3.05, 3.63) is 59.7 Å². The van der Waals surface area contributed by atoms with Crippen molar-refractivity contribution in [2.75, 3.05) is 31.6 Å². The Morgan fingerprint density at radius 1 is 1.11 bits per heavy atom. The summed E-state index contributed by atoms with van der Waals surface area (Å²) in [6.45, 7) is 6.44. The molecule has 0 aliphatic carbocycles. The van der Waals surface area contributed by atoms with Crippen LogP contribution in [0, 0.1) is 0 Å². The summed E-state index contributed by atoms with van der Waals surface area (Å²) in [5.74, 6) is 0.542. The van der Waals surface area contributed by atoms with E-state index in [1.807, 2.05) is 24.3 Å². The lowest BCUT2D eigenvalue weighted by Crippen LogP contribution is -2.28. The highest BCUT2D eigenvalue weighted by molar-refractivity contribution is 5.94. The van der Waals surface area contributed by atoms with Gasteiger partial charge in [-0.3, -0.25) is 4.79 Å². The van der Waals surface area contributed by atoms with Crippen molar-refractivity contribution >= 4 is 11.6 Å². The summed E-state index contributed by atoms with van der Waals surface area (Å²) in [5.41, 5.74) is 2.45. The fourth-order valence-corrected chi connectivity index (χ4v) is 2.88. The highest BCUT2D eigenvalue weighted by Gasteiger charge is 2.12. The number of carbonyl (C=O) groups excluding carboxylic acids is 1. The molecule has 5 heteroatoms. The molecule has 0 aliphatic rings. The molecule has 1 amide bonds. The minimum Gasteiger partial charge on any atom is -0.497 e. The summed E-state index contributed by atoms with van der Waals surface area (Å²) < 4.78 is 5.11. The Morgan fingerprint density at radius 3 is 2.33 bits per heavy atom. The zero-order valence-corrected chi connectivity index (χ0v) is 16.4. The first kappa shape index (κ1) is 20.8. The van der Waals surface area contributed by atoms with Gasteiger partial charge in [0, 0.05) is 30.9 Å². The predicted octanol–water partition coefficient (Wildman–Crippen LogP) is 3.79. The molecule has 0 heterocycles. The van der Waals surface area contributed by atoms with Gasteiger partial charge in [-0.1, -0.05) is 25.5 Å². The quantitative estimate of drug-likeness (QED) is 0.668. The van der Waals surface area contributed by atoms with Crippen molar-refractivity contribution in [3.8, 4) is 5.75 Å². The number of carbonyl (C=O) groups is 1. The number of unbranched alkanes of at least 4 members (excludes halogenated alkanes) is 1. The van der Waals surface area contributed by atoms with Crippen LogP contribution in [0.2, 0.25) is 0 Å². The minimum absolute atomic E-state index is 0.157. The van der Waals surface area contributed by atoms with Crippen LogP contribution < -0.4 is 15.0 Å². The van der Waals surface area contributed by atoms with Crippen LogP contribution in [0.3, 0.4) is 0 Å². The van der Waals surface area contributed by atoms with Crippen LogP contribution in [0.5, 0.6) is 5.75 Å². The fraction of sp³-hybridized carbons (Fsp3) is 0.409. The predicted molar refractivity (Wildman–Crippen MR) is 110 cm³/mol. The van der Waals surface area contributed by atoms with Gasteiger partial charge >= 0.3 is 0 Å². The molecule has 5 nitrogen and oxygen atoms in total. The second kappa shape index (κ2) is 10.6. The number of hydrogen-bond donors (Lipinski definition) is 2. The number of methoxy groups -OCH3 is 1. The number of nitrogens with one attached hydrogen (secondary N) is 1. The van der Waals surface area contributed by atoms with Gasteiger partial charge in [0.2, 0.25) is 0 Å². The maximum Gasteiger partial charge on any atom is 0.251 e. The Labute approximate surface area is 162 Å². The van der Waals surface area contributed by atoms with Gasteiger partial charge in [0.15, 0.2) is 0 Å². The molecule has 0 aliphatic heterocycles. The number of rotatable bonds is 10. The Morgan fingerprint density at radius 2 is 1.78 bits per heavy atom. The molecule has 0 bridgehead atoms. The second-order valence-electron chi connectivity index (χ2n) is 6.48. The van der Waals surface area contributed by atoms with Crippen LogP contribution in [0.25, 0.3) is 0 Å². The van der Waals surface area contributed by atoms with E-state index in [0.717, 1.165) is 42.9 Å². The standard InChI is InChI=1S/C22H30N2O3/c1-4-6-15-24(5-2)19-11-7-18(8-12-19)22(26)23-16-21(25)17-9-13-20(27-3)14-10-17/h7-14,21,25H,4-6,15-16H2,1-3H3,(H,23,26). The second-order valence-corrected chi connectivity index (χ2v) is 6.48. The van der Waals surface area contributed by atoms with Gasteiger partial charge in [-0.05, 0) is 55.3 Å². The fourth-order valence-electron chi connectivity index (χ4n) is 2.88. The van der Waals surface area contributed by atoms with E-state index < -0.39 is 6.10 Å². The molecule has 2 N–H and O–H groups in total. The van der Waals surface area contributed by atoms with Crippen molar-refractivity contribution in [1.82, 2.24) is 5.32 Å². The van der Waals surface area contributed by atoms with E-state index in [-0.39, 0.29) is 12.5 Å². The number of amides is 1. The molecule has 0 fully saturated rings. The third-order valence-corrected chi connectivity index (χ3v) is 4.61. The van der Waals surface area contributed by atoms with E-state index in [2.05, 4.69) is 24.1 Å². The average Bonchev–Trinajstić information content (AvgIpc) is 2.72. The third kappa shape index (κ3) is 6.00. The van der Waals surface area contributed by atoms with Gasteiger partial charge in [0.1, 0.15) is 5.75 Å². The summed E-state index contributed by atoms with van der Waals surface area (Å²) in [6, 6.07) is 14.8. The number of hydrogen-bond acceptors (Lipinski definition) is 4. The van der Waals surface area contributed by atoms with Crippen molar-refractivity contribution < 1.29 is 14.6 Å². The monoisotopic (exact) mass is 370 g/mol. The lowest BCUT2D eigenvalue weighted by Gasteiger charge is -2.23. The molecule has 0 radical (unpaired) electrons. The summed E-state index contributed by atoms with van der Waals surface area (Å²) in [5, 5.41) is 13.0. The van der Waals surface area contributed by atoms with Crippen LogP contribution in [0.1, 0.15) is 48.7 Å². The lowest BCUT2D eigenvalue weighted by atomic mass is 10.1. The molecule has 1 atom stereocenters. The SMILES string of the molecule is CCCCN(CC)c1ccc(C(=O)NCC(O)c2ccc(OC)cc2)cc1. The van der Waals surface area contributed by atoms with Crippen LogP contribution in [-0.4, -0.2) is 37.8 Å². The molecule has 0 aromatic heterocycles. The van der Waals surface area contributed by atoms with E-state index in [1.54, 1.807) is 31.4 Å². The smallest absolute Gasteiger partial charge is 0.251 e. The molecule has 27 heavy (non-hydrogen) atoms. The first-order chi connectivity index (χ1) is 13.1. The van der Waals surface area contributed by atoms with Gasteiger partial charge in [0.25, 0.3) is 5.91 Å². The maximum absolute atomic E-state index is 12.3. The minimum atomic E-state index is -0.760. The molecule has 2 rings (SSSR count). The Kier molecular flexibility index (Phi) is 8.14. The Balaban J connectivity index is 1.91. The van der Waals surface area contributed by atoms with E-state index in [0.29, 0.717) is 5.56 Å². The van der Waals surface area contributed by atoms with E-state index in [4.69, 9.17) is 4.74 Å². The number of aliphatic hydroxyl groups excluding tert-OH is 1. The van der Waals surface area contributed by atoms with Gasteiger partial charge in [-0.2, -0.15) is 0 Å². The van der Waals surface area contributed by atoms with Crippen LogP contribution in [0.4, 0.5) is 5.69 Å². The first-order valence-electron chi connectivity index (χ1n) is 9.54. The molecule has 0 spiro atoms. The van der Waals surface area contributed by atoms with Crippen molar-refractivity contribution in [2.24, 2.45) is 0 Å². The van der Waals surface area contributed by atoms with Crippen molar-refractivity contribution in [2.45, 2.75) is 32.8 Å². The van der Waals surface area contributed by atoms with E-state index in [9.17, 15) is 9.90 Å². The zero-order valence-electron chi connectivity index (χ0n) is 16.4. The third-order valence-electron chi connectivity index (χ3n) is 4.61. The molecular formula is C22H30N2O3. The highest BCUT2D eigenvalue weighted by atomic mass is 16.5. The van der Waals surface area contributed by atoms with Gasteiger partial charge in [-0.25, -0.2) is 0 Å². The van der Waals surface area contributed by atoms with E-state index >= 15 is 0 Å². The van der Waals surface area contributed by atoms with Gasteiger partial charge in [-0.15, -0.1) is 0 Å². The van der Waals surface area contributed by atoms with Crippen LogP contribution in [-0.2, 0) is 0 Å². The lowest BCUT2D eigenvalue weighted by molar-refractivity contribution is 0.0916. The molecular weight excluding hydrogens is 340 g/mol. The highest BCUT2D eigenvalue weighted by Crippen LogP contribution is 2.18. The van der Waals surface area contributed by atoms with Gasteiger partial charge < -0.3 is 20.1 Å². The van der Waals surface area contributed by atoms with Crippen LogP contribution in [0.15, 0.2) is 48.5 Å². The number of benzene rings is 2. The molecule has 1 unspecified atom stereocenters. The molecule has 0 saturated heterocycles. The van der Waals surface area contributed by atoms with Crippen molar-refractivity contribution in [1.29, 1.82) is 0 Å². The van der Waals surface area contributed by atoms with Gasteiger partial charge in [0.05, 0.1) is 13.2 Å².